The quantitative estimate of drug-likeness (QED) is 0.856. The smallest absolute Gasteiger partial charge is 0.137 e. The topological polar surface area (TPSA) is 98.1 Å². The Morgan fingerprint density at radius 3 is 3.09 bits per heavy atom. The highest BCUT2D eigenvalue weighted by Gasteiger charge is 2.36. The highest BCUT2D eigenvalue weighted by molar-refractivity contribution is 5.42. The van der Waals surface area contributed by atoms with Crippen LogP contribution >= 0.6 is 0 Å². The van der Waals surface area contributed by atoms with Crippen molar-refractivity contribution in [3.05, 3.63) is 41.7 Å². The molecule has 1 saturated heterocycles. The third kappa shape index (κ3) is 3.50. The van der Waals surface area contributed by atoms with E-state index in [4.69, 9.17) is 10.00 Å². The molecule has 0 saturated carbocycles. The van der Waals surface area contributed by atoms with E-state index in [0.29, 0.717) is 43.1 Å². The Morgan fingerprint density at radius 2 is 2.30 bits per heavy atom. The van der Waals surface area contributed by atoms with Crippen LogP contribution in [0, 0.1) is 11.3 Å². The lowest BCUT2D eigenvalue weighted by atomic mass is 9.90. The van der Waals surface area contributed by atoms with Crippen LogP contribution in [-0.2, 0) is 5.60 Å². The van der Waals surface area contributed by atoms with E-state index >= 15 is 0 Å². The Balaban J connectivity index is 1.56. The number of nitrogens with one attached hydrogen (secondary N) is 1. The zero-order valence-corrected chi connectivity index (χ0v) is 12.8. The minimum absolute atomic E-state index is 0.466. The molecule has 1 aromatic heterocycles. The van der Waals surface area contributed by atoms with Gasteiger partial charge < -0.3 is 9.84 Å². The molecule has 1 unspecified atom stereocenters. The maximum absolute atomic E-state index is 10.8. The Labute approximate surface area is 134 Å². The Bertz CT molecular complexity index is 682. The maximum Gasteiger partial charge on any atom is 0.137 e. The molecule has 3 rings (SSSR count). The van der Waals surface area contributed by atoms with Crippen LogP contribution in [-0.4, -0.2) is 51.7 Å². The molecule has 2 N–H and O–H groups in total. The van der Waals surface area contributed by atoms with Crippen LogP contribution in [0.3, 0.4) is 0 Å². The Hall–Kier alpha value is -2.43. The normalized spacial score (nSPS) is 21.7. The molecular weight excluding hydrogens is 294 g/mol. The van der Waals surface area contributed by atoms with Crippen molar-refractivity contribution in [2.24, 2.45) is 0 Å². The molecule has 1 aliphatic rings. The van der Waals surface area contributed by atoms with Gasteiger partial charge in [-0.2, -0.15) is 20.7 Å². The zero-order valence-electron chi connectivity index (χ0n) is 12.8. The summed E-state index contributed by atoms with van der Waals surface area (Å²) in [4.78, 5) is 2.15. The summed E-state index contributed by atoms with van der Waals surface area (Å²) in [7, 11) is 0. The lowest BCUT2D eigenvalue weighted by Gasteiger charge is -2.37. The summed E-state index contributed by atoms with van der Waals surface area (Å²) in [6.45, 7) is 2.56. The van der Waals surface area contributed by atoms with Crippen LogP contribution in [0.1, 0.15) is 24.1 Å². The van der Waals surface area contributed by atoms with Crippen molar-refractivity contribution in [3.63, 3.8) is 0 Å². The molecule has 2 aromatic rings. The lowest BCUT2D eigenvalue weighted by molar-refractivity contribution is -0.0412. The summed E-state index contributed by atoms with van der Waals surface area (Å²) in [6.07, 6.45) is 3.13. The van der Waals surface area contributed by atoms with Gasteiger partial charge in [0, 0.05) is 13.1 Å². The van der Waals surface area contributed by atoms with E-state index in [1.54, 1.807) is 18.3 Å². The van der Waals surface area contributed by atoms with Gasteiger partial charge in [-0.1, -0.05) is 12.1 Å². The van der Waals surface area contributed by atoms with Gasteiger partial charge in [0.1, 0.15) is 29.7 Å². The van der Waals surface area contributed by atoms with Crippen molar-refractivity contribution < 1.29 is 9.84 Å². The first-order valence-corrected chi connectivity index (χ1v) is 7.64. The van der Waals surface area contributed by atoms with Gasteiger partial charge in [0.2, 0.25) is 0 Å². The second kappa shape index (κ2) is 6.77. The molecule has 0 bridgehead atoms. The third-order valence-corrected chi connectivity index (χ3v) is 4.11. The molecule has 0 radical (unpaired) electrons. The van der Waals surface area contributed by atoms with Gasteiger partial charge >= 0.3 is 0 Å². The fourth-order valence-corrected chi connectivity index (χ4v) is 2.92. The number of H-pyrrole nitrogens is 1. The molecule has 7 heteroatoms. The highest BCUT2D eigenvalue weighted by atomic mass is 16.5. The van der Waals surface area contributed by atoms with E-state index in [9.17, 15) is 5.11 Å². The molecule has 1 atom stereocenters. The van der Waals surface area contributed by atoms with Gasteiger partial charge in [-0.05, 0) is 31.5 Å². The summed E-state index contributed by atoms with van der Waals surface area (Å²) in [5.74, 6) is 0.596. The summed E-state index contributed by atoms with van der Waals surface area (Å²) < 4.78 is 5.71. The number of benzene rings is 1. The maximum atomic E-state index is 10.8. The molecular formula is C16H19N5O2. The first-order valence-electron chi connectivity index (χ1n) is 7.64. The molecule has 0 aliphatic carbocycles. The molecule has 1 fully saturated rings. The number of aromatic amines is 1. The number of nitrogens with zero attached hydrogens (tertiary/aromatic N) is 4. The minimum atomic E-state index is -0.962. The molecule has 120 valence electrons. The molecule has 0 amide bonds. The van der Waals surface area contributed by atoms with E-state index in [2.05, 4.69) is 26.4 Å². The highest BCUT2D eigenvalue weighted by Crippen LogP contribution is 2.29. The largest absolute Gasteiger partial charge is 0.491 e. The average molecular weight is 313 g/mol. The number of β-amino-alcohol motifs (C(OH)–C–C–N with tert-alkyl or cyclic N) is 1. The van der Waals surface area contributed by atoms with Crippen LogP contribution in [0.5, 0.6) is 5.75 Å². The summed E-state index contributed by atoms with van der Waals surface area (Å²) in [5, 5.41) is 30.1. The molecule has 1 aromatic carbocycles. The monoisotopic (exact) mass is 313 g/mol. The number of aromatic nitrogens is 3. The predicted molar refractivity (Wildman–Crippen MR) is 82.6 cm³/mol. The number of hydrogen-bond acceptors (Lipinski definition) is 6. The van der Waals surface area contributed by atoms with Crippen molar-refractivity contribution >= 4 is 0 Å². The molecule has 7 nitrogen and oxygen atoms in total. The van der Waals surface area contributed by atoms with Gasteiger partial charge in [0.25, 0.3) is 0 Å². The van der Waals surface area contributed by atoms with Crippen molar-refractivity contribution in [2.45, 2.75) is 18.4 Å². The van der Waals surface area contributed by atoms with Crippen LogP contribution < -0.4 is 4.74 Å². The number of ether oxygens (including phenoxy) is 1. The van der Waals surface area contributed by atoms with Crippen molar-refractivity contribution in [2.75, 3.05) is 26.2 Å². The zero-order chi connectivity index (χ0) is 16.1. The Kier molecular flexibility index (Phi) is 4.55. The van der Waals surface area contributed by atoms with Gasteiger partial charge in [0.05, 0.1) is 11.8 Å². The number of nitriles is 1. The second-order valence-electron chi connectivity index (χ2n) is 5.72. The predicted octanol–water partition coefficient (Wildman–Crippen LogP) is 1.04. The fraction of sp³-hybridized carbons (Fsp3) is 0.438. The molecule has 2 heterocycles. The summed E-state index contributed by atoms with van der Waals surface area (Å²) >= 11 is 0. The van der Waals surface area contributed by atoms with Crippen LogP contribution in [0.4, 0.5) is 0 Å². The van der Waals surface area contributed by atoms with Crippen LogP contribution in [0.2, 0.25) is 0 Å². The summed E-state index contributed by atoms with van der Waals surface area (Å²) in [5.41, 5.74) is 0.152. The van der Waals surface area contributed by atoms with Gasteiger partial charge in [-0.15, -0.1) is 0 Å². The minimum Gasteiger partial charge on any atom is -0.491 e. The standard InChI is InChI=1S/C16H19N5O2/c17-10-13-4-1-2-5-14(13)23-9-8-21-7-3-6-16(22,12-21)15-11-18-20-19-15/h1-2,4-5,11,22H,3,6-9,12H2,(H,18,19,20). The van der Waals surface area contributed by atoms with Gasteiger partial charge in [0.15, 0.2) is 0 Å². The van der Waals surface area contributed by atoms with Crippen molar-refractivity contribution in [1.29, 1.82) is 5.26 Å². The van der Waals surface area contributed by atoms with E-state index in [0.717, 1.165) is 13.0 Å². The van der Waals surface area contributed by atoms with Crippen LogP contribution in [0.25, 0.3) is 0 Å². The van der Waals surface area contributed by atoms with E-state index in [1.165, 1.54) is 0 Å². The van der Waals surface area contributed by atoms with Crippen LogP contribution in [0.15, 0.2) is 30.5 Å². The number of aliphatic hydroxyl groups is 1. The molecule has 23 heavy (non-hydrogen) atoms. The third-order valence-electron chi connectivity index (χ3n) is 4.11. The SMILES string of the molecule is N#Cc1ccccc1OCCN1CCCC(O)(c2cn[nH]n2)C1. The van der Waals surface area contributed by atoms with E-state index < -0.39 is 5.60 Å². The number of likely N-dealkylation sites (tertiary alicyclic amines) is 1. The summed E-state index contributed by atoms with van der Waals surface area (Å²) in [6, 6.07) is 9.31. The van der Waals surface area contributed by atoms with E-state index in [-0.39, 0.29) is 0 Å². The Morgan fingerprint density at radius 1 is 1.43 bits per heavy atom. The van der Waals surface area contributed by atoms with E-state index in [1.807, 2.05) is 12.1 Å². The van der Waals surface area contributed by atoms with Crippen molar-refractivity contribution in [1.82, 2.24) is 20.3 Å². The first kappa shape index (κ1) is 15.5. The van der Waals surface area contributed by atoms with Gasteiger partial charge in [-0.3, -0.25) is 4.90 Å². The lowest BCUT2D eigenvalue weighted by Crippen LogP contribution is -2.47. The molecule has 1 aliphatic heterocycles. The number of piperidine rings is 1. The number of para-hydroxylation sites is 1. The van der Waals surface area contributed by atoms with Gasteiger partial charge in [-0.25, -0.2) is 0 Å². The first-order chi connectivity index (χ1) is 11.2. The fourth-order valence-electron chi connectivity index (χ4n) is 2.92. The number of hydrogen-bond donors (Lipinski definition) is 2. The van der Waals surface area contributed by atoms with Crippen molar-refractivity contribution in [3.8, 4) is 11.8 Å². The number of rotatable bonds is 5. The molecule has 0 spiro atoms. The second-order valence-corrected chi connectivity index (χ2v) is 5.72. The average Bonchev–Trinajstić information content (AvgIpc) is 3.11.